The summed E-state index contributed by atoms with van der Waals surface area (Å²) in [7, 11) is 0. The molecule has 2 nitrogen and oxygen atoms in total. The summed E-state index contributed by atoms with van der Waals surface area (Å²) in [5, 5.41) is 0. The van der Waals surface area contributed by atoms with Gasteiger partial charge in [0.1, 0.15) is 0 Å². The first kappa shape index (κ1) is 9.71. The summed E-state index contributed by atoms with van der Waals surface area (Å²) >= 11 is 4.02. The number of hydrogen-bond donors (Lipinski definition) is 0. The Kier molecular flexibility index (Phi) is 2.79. The van der Waals surface area contributed by atoms with E-state index < -0.39 is 0 Å². The van der Waals surface area contributed by atoms with Crippen LogP contribution in [-0.4, -0.2) is 39.5 Å². The van der Waals surface area contributed by atoms with Crippen LogP contribution in [-0.2, 0) is 4.79 Å². The molecule has 2 aliphatic heterocycles. The zero-order valence-electron chi connectivity index (χ0n) is 7.91. The maximum absolute atomic E-state index is 11.4. The second-order valence-corrected chi connectivity index (χ2v) is 7.17. The molecule has 0 N–H and O–H groups in total. The minimum Gasteiger partial charge on any atom is -0.339 e. The Labute approximate surface area is 87.8 Å². The predicted molar refractivity (Wildman–Crippen MR) is 59.1 cm³/mol. The van der Waals surface area contributed by atoms with Gasteiger partial charge < -0.3 is 4.90 Å². The molecular formula is C9H15NOS2. The minimum atomic E-state index is 0.325. The van der Waals surface area contributed by atoms with Crippen molar-refractivity contribution in [3.63, 3.8) is 0 Å². The Bertz CT molecular complexity index is 210. The van der Waals surface area contributed by atoms with Crippen LogP contribution in [0, 0.1) is 0 Å². The molecule has 2 heterocycles. The van der Waals surface area contributed by atoms with E-state index in [1.807, 2.05) is 28.4 Å². The third-order valence-electron chi connectivity index (χ3n) is 2.49. The molecule has 0 spiro atoms. The van der Waals surface area contributed by atoms with Gasteiger partial charge in [0.15, 0.2) is 0 Å². The molecule has 2 fully saturated rings. The van der Waals surface area contributed by atoms with E-state index in [1.54, 1.807) is 0 Å². The van der Waals surface area contributed by atoms with Gasteiger partial charge in [-0.1, -0.05) is 0 Å². The highest BCUT2D eigenvalue weighted by Crippen LogP contribution is 2.46. The Hall–Kier alpha value is 0.170. The van der Waals surface area contributed by atoms with Gasteiger partial charge in [0.05, 0.1) is 4.08 Å². The van der Waals surface area contributed by atoms with Gasteiger partial charge >= 0.3 is 0 Å². The van der Waals surface area contributed by atoms with Crippen LogP contribution >= 0.6 is 23.5 Å². The molecule has 0 bridgehead atoms. The summed E-state index contributed by atoms with van der Waals surface area (Å²) in [4.78, 5) is 13.3. The highest BCUT2D eigenvalue weighted by Gasteiger charge is 2.32. The summed E-state index contributed by atoms with van der Waals surface area (Å²) in [6.45, 7) is 4.26. The van der Waals surface area contributed by atoms with Crippen molar-refractivity contribution in [2.24, 2.45) is 0 Å². The van der Waals surface area contributed by atoms with Crippen LogP contribution in [0.25, 0.3) is 0 Å². The standard InChI is InChI=1S/C9H15NOS2/c1-9(12-6-7-13-9)3-2-8(11)10-4-5-10/h2-7H2,1H3. The van der Waals surface area contributed by atoms with Gasteiger partial charge in [-0.25, -0.2) is 0 Å². The van der Waals surface area contributed by atoms with Crippen LogP contribution in [0.15, 0.2) is 0 Å². The molecule has 2 saturated heterocycles. The van der Waals surface area contributed by atoms with E-state index >= 15 is 0 Å². The first-order valence-corrected chi connectivity index (χ1v) is 6.72. The molecule has 1 amide bonds. The fourth-order valence-corrected chi connectivity index (χ4v) is 4.35. The van der Waals surface area contributed by atoms with Gasteiger partial charge in [0.25, 0.3) is 0 Å². The monoisotopic (exact) mass is 217 g/mol. The molecule has 0 radical (unpaired) electrons. The molecule has 2 rings (SSSR count). The highest BCUT2D eigenvalue weighted by atomic mass is 32.2. The summed E-state index contributed by atoms with van der Waals surface area (Å²) in [6, 6.07) is 0. The van der Waals surface area contributed by atoms with Crippen molar-refractivity contribution in [2.75, 3.05) is 24.6 Å². The molecule has 0 atom stereocenters. The van der Waals surface area contributed by atoms with Gasteiger partial charge in [0.2, 0.25) is 5.91 Å². The lowest BCUT2D eigenvalue weighted by Gasteiger charge is -2.20. The number of carbonyl (C=O) groups excluding carboxylic acids is 1. The molecule has 13 heavy (non-hydrogen) atoms. The largest absolute Gasteiger partial charge is 0.339 e. The first-order valence-electron chi connectivity index (χ1n) is 4.75. The molecule has 0 aliphatic carbocycles. The number of rotatable bonds is 3. The molecule has 0 unspecified atom stereocenters. The van der Waals surface area contributed by atoms with Crippen molar-refractivity contribution in [1.29, 1.82) is 0 Å². The summed E-state index contributed by atoms with van der Waals surface area (Å²) in [6.07, 6.45) is 1.79. The van der Waals surface area contributed by atoms with E-state index in [1.165, 1.54) is 11.5 Å². The Morgan fingerprint density at radius 2 is 2.00 bits per heavy atom. The molecule has 0 aromatic carbocycles. The quantitative estimate of drug-likeness (QED) is 0.672. The van der Waals surface area contributed by atoms with Crippen LogP contribution in [0.2, 0.25) is 0 Å². The number of carbonyl (C=O) groups is 1. The second-order valence-electron chi connectivity index (χ2n) is 3.71. The lowest BCUT2D eigenvalue weighted by atomic mass is 10.2. The van der Waals surface area contributed by atoms with E-state index in [0.717, 1.165) is 25.9 Å². The fourth-order valence-electron chi connectivity index (χ4n) is 1.49. The Morgan fingerprint density at radius 3 is 2.54 bits per heavy atom. The summed E-state index contributed by atoms with van der Waals surface area (Å²) < 4.78 is 0.325. The Morgan fingerprint density at radius 1 is 1.38 bits per heavy atom. The number of thioether (sulfide) groups is 2. The average molecular weight is 217 g/mol. The van der Waals surface area contributed by atoms with Crippen LogP contribution in [0.3, 0.4) is 0 Å². The number of hydrogen-bond acceptors (Lipinski definition) is 3. The van der Waals surface area contributed by atoms with Crippen molar-refractivity contribution >= 4 is 29.4 Å². The number of nitrogens with zero attached hydrogens (tertiary/aromatic N) is 1. The SMILES string of the molecule is CC1(CCC(=O)N2CC2)SCCS1. The average Bonchev–Trinajstić information content (AvgIpc) is 2.87. The molecule has 0 aromatic heterocycles. The minimum absolute atomic E-state index is 0.325. The lowest BCUT2D eigenvalue weighted by molar-refractivity contribution is -0.125. The van der Waals surface area contributed by atoms with Gasteiger partial charge in [0, 0.05) is 31.0 Å². The summed E-state index contributed by atoms with van der Waals surface area (Å²) in [5.41, 5.74) is 0. The van der Waals surface area contributed by atoms with Gasteiger partial charge in [-0.05, 0) is 13.3 Å². The molecule has 0 saturated carbocycles. The van der Waals surface area contributed by atoms with Crippen LogP contribution in [0.4, 0.5) is 0 Å². The van der Waals surface area contributed by atoms with Crippen molar-refractivity contribution in [1.82, 2.24) is 4.90 Å². The molecule has 4 heteroatoms. The maximum Gasteiger partial charge on any atom is 0.222 e. The van der Waals surface area contributed by atoms with Crippen molar-refractivity contribution in [2.45, 2.75) is 23.8 Å². The van der Waals surface area contributed by atoms with E-state index in [9.17, 15) is 4.79 Å². The zero-order valence-corrected chi connectivity index (χ0v) is 9.55. The summed E-state index contributed by atoms with van der Waals surface area (Å²) in [5.74, 6) is 2.85. The molecular weight excluding hydrogens is 202 g/mol. The molecule has 2 aliphatic rings. The maximum atomic E-state index is 11.4. The van der Waals surface area contributed by atoms with Crippen molar-refractivity contribution in [3.05, 3.63) is 0 Å². The molecule has 0 aromatic rings. The van der Waals surface area contributed by atoms with Crippen molar-refractivity contribution < 1.29 is 4.79 Å². The van der Waals surface area contributed by atoms with Crippen LogP contribution in [0.5, 0.6) is 0 Å². The second kappa shape index (κ2) is 3.73. The van der Waals surface area contributed by atoms with Gasteiger partial charge in [-0.15, -0.1) is 23.5 Å². The number of amides is 1. The van der Waals surface area contributed by atoms with E-state index in [4.69, 9.17) is 0 Å². The fraction of sp³-hybridized carbons (Fsp3) is 0.889. The normalized spacial score (nSPS) is 24.8. The molecule has 74 valence electrons. The van der Waals surface area contributed by atoms with E-state index in [-0.39, 0.29) is 0 Å². The van der Waals surface area contributed by atoms with Gasteiger partial charge in [-0.3, -0.25) is 4.79 Å². The third kappa shape index (κ3) is 2.56. The smallest absolute Gasteiger partial charge is 0.222 e. The first-order chi connectivity index (χ1) is 6.20. The third-order valence-corrected chi connectivity index (χ3v) is 5.90. The van der Waals surface area contributed by atoms with Crippen molar-refractivity contribution in [3.8, 4) is 0 Å². The topological polar surface area (TPSA) is 20.1 Å². The highest BCUT2D eigenvalue weighted by molar-refractivity contribution is 8.21. The van der Waals surface area contributed by atoms with E-state index in [2.05, 4.69) is 6.92 Å². The van der Waals surface area contributed by atoms with Crippen LogP contribution in [0.1, 0.15) is 19.8 Å². The predicted octanol–water partition coefficient (Wildman–Crippen LogP) is 1.80. The lowest BCUT2D eigenvalue weighted by Crippen LogP contribution is -2.17. The Balaban J connectivity index is 1.74. The van der Waals surface area contributed by atoms with E-state index in [0.29, 0.717) is 9.99 Å². The zero-order chi connectivity index (χ0) is 9.31. The van der Waals surface area contributed by atoms with Crippen LogP contribution < -0.4 is 0 Å². The van der Waals surface area contributed by atoms with Gasteiger partial charge in [-0.2, -0.15) is 0 Å².